The van der Waals surface area contributed by atoms with Crippen LogP contribution in [-0.2, 0) is 0 Å². The third kappa shape index (κ3) is 5.12. The number of hydrogen-bond acceptors (Lipinski definition) is 7. The molecule has 0 radical (unpaired) electrons. The van der Waals surface area contributed by atoms with Crippen LogP contribution in [0.15, 0.2) is 51.9 Å². The third-order valence-corrected chi connectivity index (χ3v) is 6.91. The van der Waals surface area contributed by atoms with Crippen LogP contribution in [0.2, 0.25) is 0 Å². The van der Waals surface area contributed by atoms with E-state index in [1.165, 1.54) is 19.3 Å². The lowest BCUT2D eigenvalue weighted by Crippen LogP contribution is -2.20. The number of nitrogens with zero attached hydrogens (tertiary/aromatic N) is 3. The van der Waals surface area contributed by atoms with Crippen molar-refractivity contribution in [1.82, 2.24) is 4.68 Å². The van der Waals surface area contributed by atoms with Gasteiger partial charge in [0.05, 0.1) is 38.8 Å². The monoisotopic (exact) mass is 481 g/mol. The maximum atomic E-state index is 10.6. The van der Waals surface area contributed by atoms with Gasteiger partial charge in [-0.3, -0.25) is 4.99 Å². The third-order valence-electron chi connectivity index (χ3n) is 6.08. The summed E-state index contributed by atoms with van der Waals surface area (Å²) >= 11 is 1.56. The van der Waals surface area contributed by atoms with Gasteiger partial charge in [-0.25, -0.2) is 4.68 Å². The van der Waals surface area contributed by atoms with Crippen LogP contribution in [0.1, 0.15) is 44.6 Å². The van der Waals surface area contributed by atoms with Crippen molar-refractivity contribution in [2.45, 2.75) is 45.1 Å². The molecule has 2 aromatic carbocycles. The highest BCUT2D eigenvalue weighted by Gasteiger charge is 2.17. The molecule has 0 bridgehead atoms. The molecule has 1 N–H and O–H groups in total. The number of benzene rings is 2. The first-order valence-corrected chi connectivity index (χ1v) is 12.3. The van der Waals surface area contributed by atoms with Crippen molar-refractivity contribution >= 4 is 17.0 Å². The van der Waals surface area contributed by atoms with E-state index in [9.17, 15) is 5.11 Å². The van der Waals surface area contributed by atoms with Crippen LogP contribution in [0.25, 0.3) is 11.3 Å². The molecule has 8 heteroatoms. The number of phenols is 1. The molecule has 1 fully saturated rings. The van der Waals surface area contributed by atoms with Crippen molar-refractivity contribution in [1.29, 1.82) is 0 Å². The summed E-state index contributed by atoms with van der Waals surface area (Å²) in [5, 5.41) is 17.5. The van der Waals surface area contributed by atoms with Crippen LogP contribution >= 0.6 is 11.3 Å². The average molecular weight is 482 g/mol. The fraction of sp³-hybridized carbons (Fsp3) is 0.385. The second-order valence-electron chi connectivity index (χ2n) is 8.27. The molecular formula is C26H31N3O4S. The van der Waals surface area contributed by atoms with Crippen LogP contribution in [-0.4, -0.2) is 42.9 Å². The zero-order valence-electron chi connectivity index (χ0n) is 20.1. The lowest BCUT2D eigenvalue weighted by Gasteiger charge is -2.17. The van der Waals surface area contributed by atoms with Gasteiger partial charge in [-0.2, -0.15) is 5.10 Å². The van der Waals surface area contributed by atoms with Crippen LogP contribution < -0.4 is 19.0 Å². The molecule has 0 saturated heterocycles. The maximum absolute atomic E-state index is 10.6. The van der Waals surface area contributed by atoms with Crippen molar-refractivity contribution in [2.24, 2.45) is 10.1 Å². The number of rotatable bonds is 7. The van der Waals surface area contributed by atoms with Gasteiger partial charge < -0.3 is 19.3 Å². The highest BCUT2D eigenvalue weighted by Crippen LogP contribution is 2.34. The van der Waals surface area contributed by atoms with Crippen molar-refractivity contribution < 1.29 is 19.3 Å². The minimum absolute atomic E-state index is 0.116. The van der Waals surface area contributed by atoms with E-state index in [-0.39, 0.29) is 5.75 Å². The van der Waals surface area contributed by atoms with E-state index in [1.54, 1.807) is 38.7 Å². The first-order valence-electron chi connectivity index (χ1n) is 11.4. The Morgan fingerprint density at radius 3 is 2.35 bits per heavy atom. The SMILES string of the molecule is COc1ccc(C(C)=Nn2c(-c3ccc(OC)cc3OC)csc2=NC2CCCCC2)c(O)c1. The highest BCUT2D eigenvalue weighted by molar-refractivity contribution is 7.07. The van der Waals surface area contributed by atoms with Crippen molar-refractivity contribution in [3.63, 3.8) is 0 Å². The predicted octanol–water partition coefficient (Wildman–Crippen LogP) is 5.45. The summed E-state index contributed by atoms with van der Waals surface area (Å²) in [5.74, 6) is 2.12. The lowest BCUT2D eigenvalue weighted by atomic mass is 9.96. The normalized spacial score (nSPS) is 15.4. The van der Waals surface area contributed by atoms with E-state index >= 15 is 0 Å². The number of aromatic nitrogens is 1. The van der Waals surface area contributed by atoms with Crippen molar-refractivity contribution in [3.05, 3.63) is 52.1 Å². The van der Waals surface area contributed by atoms with Gasteiger partial charge in [-0.1, -0.05) is 19.3 Å². The van der Waals surface area contributed by atoms with E-state index in [2.05, 4.69) is 5.38 Å². The molecule has 1 saturated carbocycles. The molecule has 1 aromatic heterocycles. The number of aromatic hydroxyl groups is 1. The number of thiazole rings is 1. The van der Waals surface area contributed by atoms with Gasteiger partial charge >= 0.3 is 0 Å². The maximum Gasteiger partial charge on any atom is 0.206 e. The minimum Gasteiger partial charge on any atom is -0.507 e. The fourth-order valence-corrected chi connectivity index (χ4v) is 5.09. The molecule has 0 atom stereocenters. The van der Waals surface area contributed by atoms with E-state index in [4.69, 9.17) is 24.3 Å². The molecule has 0 aliphatic heterocycles. The van der Waals surface area contributed by atoms with Gasteiger partial charge in [0.1, 0.15) is 23.0 Å². The Balaban J connectivity index is 1.86. The van der Waals surface area contributed by atoms with Gasteiger partial charge in [-0.15, -0.1) is 11.3 Å². The topological polar surface area (TPSA) is 77.6 Å². The van der Waals surface area contributed by atoms with E-state index in [0.29, 0.717) is 28.8 Å². The zero-order valence-corrected chi connectivity index (χ0v) is 20.9. The number of ether oxygens (including phenoxy) is 3. The molecule has 34 heavy (non-hydrogen) atoms. The highest BCUT2D eigenvalue weighted by atomic mass is 32.1. The molecule has 4 rings (SSSR count). The Labute approximate surface area is 204 Å². The predicted molar refractivity (Wildman–Crippen MR) is 136 cm³/mol. The summed E-state index contributed by atoms with van der Waals surface area (Å²) in [7, 11) is 4.85. The summed E-state index contributed by atoms with van der Waals surface area (Å²) in [6.07, 6.45) is 5.89. The minimum atomic E-state index is 0.116. The Hall–Kier alpha value is -3.26. The van der Waals surface area contributed by atoms with E-state index in [0.717, 1.165) is 34.6 Å². The summed E-state index contributed by atoms with van der Waals surface area (Å²) in [6.45, 7) is 1.88. The smallest absolute Gasteiger partial charge is 0.206 e. The molecule has 1 heterocycles. The standard InChI is InChI=1S/C26H31N3O4S/c1-17(21-12-10-19(31-2)14-24(21)30)28-29-23(22-13-11-20(32-3)15-25(22)33-4)16-34-26(29)27-18-8-6-5-7-9-18/h10-16,18,30H,5-9H2,1-4H3. The van der Waals surface area contributed by atoms with Gasteiger partial charge in [0.2, 0.25) is 4.80 Å². The molecule has 0 amide bonds. The molecule has 1 aliphatic rings. The molecule has 180 valence electrons. The second kappa shape index (κ2) is 10.8. The number of methoxy groups -OCH3 is 3. The van der Waals surface area contributed by atoms with Crippen LogP contribution in [0.3, 0.4) is 0 Å². The van der Waals surface area contributed by atoms with Crippen molar-refractivity contribution in [2.75, 3.05) is 21.3 Å². The molecule has 0 spiro atoms. The van der Waals surface area contributed by atoms with Crippen LogP contribution in [0.5, 0.6) is 23.0 Å². The van der Waals surface area contributed by atoms with Gasteiger partial charge in [0, 0.05) is 28.6 Å². The molecule has 0 unspecified atom stereocenters. The largest absolute Gasteiger partial charge is 0.507 e. The first kappa shape index (κ1) is 23.9. The van der Waals surface area contributed by atoms with Crippen LogP contribution in [0, 0.1) is 0 Å². The number of hydrogen-bond donors (Lipinski definition) is 1. The Morgan fingerprint density at radius 1 is 0.971 bits per heavy atom. The quantitative estimate of drug-likeness (QED) is 0.455. The Kier molecular flexibility index (Phi) is 7.57. The summed E-state index contributed by atoms with van der Waals surface area (Å²) in [4.78, 5) is 5.90. The lowest BCUT2D eigenvalue weighted by molar-refractivity contribution is 0.395. The van der Waals surface area contributed by atoms with Gasteiger partial charge in [0.25, 0.3) is 0 Å². The van der Waals surface area contributed by atoms with Gasteiger partial charge in [-0.05, 0) is 44.0 Å². The zero-order chi connectivity index (χ0) is 24.1. The van der Waals surface area contributed by atoms with E-state index < -0.39 is 0 Å². The van der Waals surface area contributed by atoms with E-state index in [1.807, 2.05) is 41.9 Å². The fourth-order valence-electron chi connectivity index (χ4n) is 4.20. The van der Waals surface area contributed by atoms with Gasteiger partial charge in [0.15, 0.2) is 0 Å². The average Bonchev–Trinajstić information content (AvgIpc) is 3.25. The molecule has 7 nitrogen and oxygen atoms in total. The Morgan fingerprint density at radius 2 is 1.68 bits per heavy atom. The molecule has 3 aromatic rings. The summed E-state index contributed by atoms with van der Waals surface area (Å²) in [6, 6.07) is 11.3. The summed E-state index contributed by atoms with van der Waals surface area (Å²) < 4.78 is 18.1. The number of phenolic OH excluding ortho intramolecular Hbond substituents is 1. The van der Waals surface area contributed by atoms with Crippen LogP contribution in [0.4, 0.5) is 0 Å². The molecular weight excluding hydrogens is 450 g/mol. The first-order chi connectivity index (χ1) is 16.5. The summed E-state index contributed by atoms with van der Waals surface area (Å²) in [5.41, 5.74) is 3.06. The Bertz CT molecular complexity index is 1240. The second-order valence-corrected chi connectivity index (χ2v) is 9.11. The molecule has 1 aliphatic carbocycles. The van der Waals surface area contributed by atoms with Crippen molar-refractivity contribution in [3.8, 4) is 34.3 Å².